The van der Waals surface area contributed by atoms with Crippen LogP contribution in [0.15, 0.2) is 0 Å². The molecular weight excluding hydrogens is 180 g/mol. The van der Waals surface area contributed by atoms with Crippen molar-refractivity contribution in [3.05, 3.63) is 0 Å². The second-order valence-electron chi connectivity index (χ2n) is 2.58. The maximum absolute atomic E-state index is 9.02. The van der Waals surface area contributed by atoms with Crippen LogP contribution in [0, 0.1) is 0 Å². The summed E-state index contributed by atoms with van der Waals surface area (Å²) in [6, 6.07) is 0. The van der Waals surface area contributed by atoms with Crippen molar-refractivity contribution in [2.75, 3.05) is 6.61 Å². The van der Waals surface area contributed by atoms with Crippen LogP contribution in [0.5, 0.6) is 0 Å². The molecule has 2 nitrogen and oxygen atoms in total. The van der Waals surface area contributed by atoms with Gasteiger partial charge in [-0.2, -0.15) is 11.8 Å². The molecule has 3 atom stereocenters. The Hall–Kier alpha value is 0.620. The quantitative estimate of drug-likeness (QED) is 0.456. The molecule has 0 fully saturated rings. The summed E-state index contributed by atoms with van der Waals surface area (Å²) in [4.78, 5) is 0. The lowest BCUT2D eigenvalue weighted by atomic mass is 10.3. The normalized spacial score (nSPS) is 19.4. The first-order chi connectivity index (χ1) is 5.07. The van der Waals surface area contributed by atoms with Crippen molar-refractivity contribution in [2.24, 2.45) is 0 Å². The molecule has 0 bridgehead atoms. The van der Waals surface area contributed by atoms with Crippen molar-refractivity contribution >= 4 is 24.4 Å². The highest BCUT2D eigenvalue weighted by Crippen LogP contribution is 2.23. The lowest BCUT2D eigenvalue weighted by Crippen LogP contribution is -2.16. The van der Waals surface area contributed by atoms with Crippen LogP contribution in [0.3, 0.4) is 0 Å². The summed E-state index contributed by atoms with van der Waals surface area (Å²) in [5.41, 5.74) is -0.568. The minimum Gasteiger partial charge on any atom is -0.396 e. The van der Waals surface area contributed by atoms with E-state index in [4.69, 9.17) is 10.2 Å². The van der Waals surface area contributed by atoms with Gasteiger partial charge in [-0.15, -0.1) is 12.6 Å². The molecule has 68 valence electrons. The van der Waals surface area contributed by atoms with Gasteiger partial charge in [0, 0.05) is 17.1 Å². The highest BCUT2D eigenvalue weighted by atomic mass is 32.2. The van der Waals surface area contributed by atoms with Gasteiger partial charge in [-0.3, -0.25) is 0 Å². The van der Waals surface area contributed by atoms with Gasteiger partial charge in [-0.05, 0) is 13.3 Å². The van der Waals surface area contributed by atoms with E-state index in [1.165, 1.54) is 0 Å². The molecule has 2 N–H and O–H groups in total. The van der Waals surface area contributed by atoms with E-state index in [9.17, 15) is 0 Å². The first-order valence-electron chi connectivity index (χ1n) is 3.70. The van der Waals surface area contributed by atoms with Gasteiger partial charge < -0.3 is 10.2 Å². The molecule has 4 heteroatoms. The van der Waals surface area contributed by atoms with E-state index in [0.29, 0.717) is 5.25 Å². The third kappa shape index (κ3) is 5.84. The minimum absolute atomic E-state index is 0.125. The standard InChI is InChI=1S/C7H16O2S2/c1-5(3-4-8)11-6(2)7(9)10/h5-10H,3-4H2,1-2H3. The van der Waals surface area contributed by atoms with Crippen molar-refractivity contribution in [2.45, 2.75) is 36.2 Å². The fourth-order valence-corrected chi connectivity index (χ4v) is 2.01. The van der Waals surface area contributed by atoms with E-state index in [2.05, 4.69) is 12.6 Å². The van der Waals surface area contributed by atoms with E-state index < -0.39 is 5.44 Å². The molecule has 3 unspecified atom stereocenters. The molecule has 0 aromatic heterocycles. The molecule has 0 saturated carbocycles. The Labute approximate surface area is 77.8 Å². The monoisotopic (exact) mass is 196 g/mol. The molecule has 0 aliphatic rings. The van der Waals surface area contributed by atoms with Gasteiger partial charge in [0.15, 0.2) is 0 Å². The van der Waals surface area contributed by atoms with Gasteiger partial charge in [-0.25, -0.2) is 0 Å². The van der Waals surface area contributed by atoms with Crippen molar-refractivity contribution in [1.82, 2.24) is 0 Å². The maximum atomic E-state index is 9.02. The Balaban J connectivity index is 3.48. The molecule has 0 aromatic rings. The van der Waals surface area contributed by atoms with E-state index in [1.807, 2.05) is 13.8 Å². The summed E-state index contributed by atoms with van der Waals surface area (Å²) in [5.74, 6) is 0. The largest absolute Gasteiger partial charge is 0.396 e. The first-order valence-corrected chi connectivity index (χ1v) is 5.16. The SMILES string of the molecule is CC(CCO)SC(C)C(O)S. The number of aliphatic hydroxyl groups is 2. The van der Waals surface area contributed by atoms with Crippen LogP contribution in [0.25, 0.3) is 0 Å². The molecule has 11 heavy (non-hydrogen) atoms. The highest BCUT2D eigenvalue weighted by Gasteiger charge is 2.13. The second-order valence-corrected chi connectivity index (χ2v) is 4.93. The van der Waals surface area contributed by atoms with Crippen molar-refractivity contribution in [3.8, 4) is 0 Å². The smallest absolute Gasteiger partial charge is 0.108 e. The summed E-state index contributed by atoms with van der Waals surface area (Å²) in [6.07, 6.45) is 0.773. The topological polar surface area (TPSA) is 40.5 Å². The summed E-state index contributed by atoms with van der Waals surface area (Å²) < 4.78 is 0. The van der Waals surface area contributed by atoms with Crippen molar-refractivity contribution in [1.29, 1.82) is 0 Å². The molecule has 0 saturated heterocycles. The Morgan fingerprint density at radius 2 is 2.00 bits per heavy atom. The van der Waals surface area contributed by atoms with Crippen LogP contribution >= 0.6 is 24.4 Å². The van der Waals surface area contributed by atoms with Gasteiger partial charge in [0.1, 0.15) is 5.44 Å². The number of hydrogen-bond acceptors (Lipinski definition) is 4. The summed E-state index contributed by atoms with van der Waals surface area (Å²) in [7, 11) is 0. The Morgan fingerprint density at radius 3 is 2.36 bits per heavy atom. The lowest BCUT2D eigenvalue weighted by molar-refractivity contribution is 0.265. The zero-order valence-corrected chi connectivity index (χ0v) is 8.61. The Bertz CT molecular complexity index is 98.4. The summed E-state index contributed by atoms with van der Waals surface area (Å²) in [5, 5.41) is 18.1. The average Bonchev–Trinajstić information content (AvgIpc) is 1.87. The average molecular weight is 196 g/mol. The van der Waals surface area contributed by atoms with Crippen LogP contribution in [-0.4, -0.2) is 32.8 Å². The number of aliphatic hydroxyl groups excluding tert-OH is 2. The van der Waals surface area contributed by atoms with Gasteiger partial charge in [-0.1, -0.05) is 6.92 Å². The zero-order chi connectivity index (χ0) is 8.85. The highest BCUT2D eigenvalue weighted by molar-refractivity contribution is 8.01. The van der Waals surface area contributed by atoms with Crippen molar-refractivity contribution in [3.63, 3.8) is 0 Å². The van der Waals surface area contributed by atoms with Gasteiger partial charge in [0.05, 0.1) is 0 Å². The summed E-state index contributed by atoms with van der Waals surface area (Å²) in [6.45, 7) is 4.17. The molecule has 0 spiro atoms. The molecule has 0 amide bonds. The lowest BCUT2D eigenvalue weighted by Gasteiger charge is -2.17. The number of rotatable bonds is 5. The molecule has 0 heterocycles. The van der Waals surface area contributed by atoms with E-state index >= 15 is 0 Å². The van der Waals surface area contributed by atoms with Gasteiger partial charge in [0.25, 0.3) is 0 Å². The molecule has 0 rings (SSSR count). The Kier molecular flexibility index (Phi) is 6.52. The van der Waals surface area contributed by atoms with E-state index in [-0.39, 0.29) is 11.9 Å². The van der Waals surface area contributed by atoms with Crippen LogP contribution in [-0.2, 0) is 0 Å². The van der Waals surface area contributed by atoms with Crippen LogP contribution in [0.2, 0.25) is 0 Å². The molecule has 0 radical (unpaired) electrons. The molecular formula is C7H16O2S2. The van der Waals surface area contributed by atoms with Gasteiger partial charge >= 0.3 is 0 Å². The molecule has 0 aromatic carbocycles. The number of thiol groups is 1. The van der Waals surface area contributed by atoms with Gasteiger partial charge in [0.2, 0.25) is 0 Å². The van der Waals surface area contributed by atoms with Crippen LogP contribution in [0.1, 0.15) is 20.3 Å². The fourth-order valence-electron chi connectivity index (χ4n) is 0.687. The van der Waals surface area contributed by atoms with Crippen LogP contribution in [0.4, 0.5) is 0 Å². The molecule has 0 aliphatic carbocycles. The first kappa shape index (κ1) is 11.6. The predicted octanol–water partition coefficient (Wildman–Crippen LogP) is 1.13. The third-order valence-corrected chi connectivity index (χ3v) is 3.44. The second kappa shape index (κ2) is 6.17. The fraction of sp³-hybridized carbons (Fsp3) is 1.00. The van der Waals surface area contributed by atoms with Crippen LogP contribution < -0.4 is 0 Å². The maximum Gasteiger partial charge on any atom is 0.108 e. The summed E-state index contributed by atoms with van der Waals surface area (Å²) >= 11 is 5.55. The Morgan fingerprint density at radius 1 is 1.45 bits per heavy atom. The third-order valence-electron chi connectivity index (χ3n) is 1.40. The van der Waals surface area contributed by atoms with E-state index in [1.54, 1.807) is 11.8 Å². The number of hydrogen-bond donors (Lipinski definition) is 3. The minimum atomic E-state index is -0.568. The van der Waals surface area contributed by atoms with E-state index in [0.717, 1.165) is 6.42 Å². The zero-order valence-electron chi connectivity index (χ0n) is 6.90. The predicted molar refractivity (Wildman–Crippen MR) is 53.2 cm³/mol. The van der Waals surface area contributed by atoms with Crippen molar-refractivity contribution < 1.29 is 10.2 Å². The number of thioether (sulfide) groups is 1. The molecule has 0 aliphatic heterocycles.